The monoisotopic (exact) mass is 354 g/mol. The molecule has 130 valence electrons. The van der Waals surface area contributed by atoms with Gasteiger partial charge in [-0.3, -0.25) is 0 Å². The van der Waals surface area contributed by atoms with Crippen molar-refractivity contribution in [1.29, 1.82) is 0 Å². The number of benzene rings is 1. The van der Waals surface area contributed by atoms with Crippen molar-refractivity contribution in [2.45, 2.75) is 6.92 Å². The standard InChI is InChI=1S/C15H19ClN4O4/c1-2-23-15(22)20-8-6-19(7-9-20)14(17)18-24-13(21)11-4-3-5-12(16)10-11/h3-5,10H,2,6-9H2,1H3,(H2,17,18). The highest BCUT2D eigenvalue weighted by atomic mass is 35.5. The van der Waals surface area contributed by atoms with Crippen molar-refractivity contribution >= 4 is 29.6 Å². The summed E-state index contributed by atoms with van der Waals surface area (Å²) < 4.78 is 4.94. The van der Waals surface area contributed by atoms with Gasteiger partial charge in [0.05, 0.1) is 12.2 Å². The van der Waals surface area contributed by atoms with Crippen LogP contribution in [0, 0.1) is 0 Å². The number of guanidine groups is 1. The number of oxime groups is 1. The van der Waals surface area contributed by atoms with E-state index in [1.807, 2.05) is 0 Å². The maximum Gasteiger partial charge on any atom is 0.409 e. The van der Waals surface area contributed by atoms with Crippen LogP contribution in [0.3, 0.4) is 0 Å². The molecule has 1 saturated heterocycles. The topological polar surface area (TPSA) is 97.5 Å². The molecule has 0 atom stereocenters. The van der Waals surface area contributed by atoms with Crippen molar-refractivity contribution in [3.8, 4) is 0 Å². The Morgan fingerprint density at radius 1 is 1.25 bits per heavy atom. The van der Waals surface area contributed by atoms with Gasteiger partial charge in [-0.05, 0) is 30.3 Å². The van der Waals surface area contributed by atoms with Crippen LogP contribution >= 0.6 is 11.6 Å². The zero-order valence-corrected chi connectivity index (χ0v) is 14.0. The first kappa shape index (κ1) is 17.9. The molecule has 1 fully saturated rings. The quantitative estimate of drug-likeness (QED) is 0.382. The maximum atomic E-state index is 11.9. The summed E-state index contributed by atoms with van der Waals surface area (Å²) in [6, 6.07) is 6.34. The van der Waals surface area contributed by atoms with Crippen LogP contribution in [0.5, 0.6) is 0 Å². The van der Waals surface area contributed by atoms with E-state index < -0.39 is 5.97 Å². The highest BCUT2D eigenvalue weighted by Gasteiger charge is 2.23. The largest absolute Gasteiger partial charge is 0.450 e. The molecule has 1 aromatic rings. The predicted molar refractivity (Wildman–Crippen MR) is 88.7 cm³/mol. The molecule has 0 unspecified atom stereocenters. The van der Waals surface area contributed by atoms with Crippen molar-refractivity contribution in [2.24, 2.45) is 10.9 Å². The van der Waals surface area contributed by atoms with E-state index >= 15 is 0 Å². The smallest absolute Gasteiger partial charge is 0.409 e. The Morgan fingerprint density at radius 3 is 2.54 bits per heavy atom. The second kappa shape index (κ2) is 8.39. The lowest BCUT2D eigenvalue weighted by Gasteiger charge is -2.34. The number of carbonyl (C=O) groups is 2. The fourth-order valence-electron chi connectivity index (χ4n) is 2.15. The van der Waals surface area contributed by atoms with Gasteiger partial charge in [-0.15, -0.1) is 0 Å². The highest BCUT2D eigenvalue weighted by Crippen LogP contribution is 2.12. The number of amides is 1. The molecule has 1 aliphatic heterocycles. The Balaban J connectivity index is 1.86. The molecule has 0 radical (unpaired) electrons. The van der Waals surface area contributed by atoms with Crippen LogP contribution in [0.4, 0.5) is 4.79 Å². The lowest BCUT2D eigenvalue weighted by atomic mass is 10.2. The number of rotatable bonds is 3. The molecule has 8 nitrogen and oxygen atoms in total. The summed E-state index contributed by atoms with van der Waals surface area (Å²) in [5.41, 5.74) is 6.11. The minimum atomic E-state index is -0.648. The number of piperazine rings is 1. The normalized spacial score (nSPS) is 15.2. The second-order valence-corrected chi connectivity index (χ2v) is 5.45. The van der Waals surface area contributed by atoms with Crippen molar-refractivity contribution < 1.29 is 19.2 Å². The Kier molecular flexibility index (Phi) is 6.25. The third-order valence-corrected chi connectivity index (χ3v) is 3.65. The lowest BCUT2D eigenvalue weighted by Crippen LogP contribution is -2.52. The molecule has 2 N–H and O–H groups in total. The number of halogens is 1. The molecule has 24 heavy (non-hydrogen) atoms. The molecule has 1 aromatic carbocycles. The highest BCUT2D eigenvalue weighted by molar-refractivity contribution is 6.30. The number of nitrogens with two attached hydrogens (primary N) is 1. The first-order valence-corrected chi connectivity index (χ1v) is 7.86. The van der Waals surface area contributed by atoms with E-state index in [9.17, 15) is 9.59 Å². The molecule has 0 spiro atoms. The van der Waals surface area contributed by atoms with Gasteiger partial charge in [-0.1, -0.05) is 17.7 Å². The summed E-state index contributed by atoms with van der Waals surface area (Å²) in [5.74, 6) is -0.570. The SMILES string of the molecule is CCOC(=O)N1CCN(C(N)=NOC(=O)c2cccc(Cl)c2)CC1. The van der Waals surface area contributed by atoms with E-state index in [0.29, 0.717) is 37.8 Å². The van der Waals surface area contributed by atoms with Gasteiger partial charge in [-0.25, -0.2) is 9.59 Å². The van der Waals surface area contributed by atoms with Gasteiger partial charge in [-0.2, -0.15) is 0 Å². The summed E-state index contributed by atoms with van der Waals surface area (Å²) in [5, 5.41) is 4.08. The van der Waals surface area contributed by atoms with E-state index in [1.165, 1.54) is 6.07 Å². The minimum absolute atomic E-state index is 0.0777. The van der Waals surface area contributed by atoms with Crippen molar-refractivity contribution in [3.05, 3.63) is 34.9 Å². The Bertz CT molecular complexity index is 630. The first-order valence-electron chi connectivity index (χ1n) is 7.48. The van der Waals surface area contributed by atoms with Crippen LogP contribution < -0.4 is 5.73 Å². The zero-order chi connectivity index (χ0) is 17.5. The minimum Gasteiger partial charge on any atom is -0.450 e. The Hall–Kier alpha value is -2.48. The number of nitrogens with zero attached hydrogens (tertiary/aromatic N) is 3. The van der Waals surface area contributed by atoms with Crippen molar-refractivity contribution in [3.63, 3.8) is 0 Å². The second-order valence-electron chi connectivity index (χ2n) is 5.01. The van der Waals surface area contributed by atoms with E-state index in [0.717, 1.165) is 0 Å². The van der Waals surface area contributed by atoms with Gasteiger partial charge in [0.15, 0.2) is 0 Å². The first-order chi connectivity index (χ1) is 11.5. The molecular weight excluding hydrogens is 336 g/mol. The van der Waals surface area contributed by atoms with Crippen LogP contribution in [0.25, 0.3) is 0 Å². The van der Waals surface area contributed by atoms with E-state index in [2.05, 4.69) is 5.16 Å². The summed E-state index contributed by atoms with van der Waals surface area (Å²) in [6.07, 6.45) is -0.347. The molecule has 0 bridgehead atoms. The average Bonchev–Trinajstić information content (AvgIpc) is 2.59. The molecule has 1 amide bonds. The fourth-order valence-corrected chi connectivity index (χ4v) is 2.34. The Labute approximate surface area is 144 Å². The summed E-state index contributed by atoms with van der Waals surface area (Å²) >= 11 is 5.82. The van der Waals surface area contributed by atoms with Crippen LogP contribution in [-0.4, -0.2) is 60.6 Å². The predicted octanol–water partition coefficient (Wildman–Crippen LogP) is 1.50. The molecule has 0 aromatic heterocycles. The zero-order valence-electron chi connectivity index (χ0n) is 13.3. The van der Waals surface area contributed by atoms with Crippen LogP contribution in [0.1, 0.15) is 17.3 Å². The number of hydrogen-bond donors (Lipinski definition) is 1. The average molecular weight is 355 g/mol. The van der Waals surface area contributed by atoms with Crippen molar-refractivity contribution in [1.82, 2.24) is 9.80 Å². The molecule has 1 heterocycles. The van der Waals surface area contributed by atoms with Crippen LogP contribution in [0.2, 0.25) is 5.02 Å². The van der Waals surface area contributed by atoms with Gasteiger partial charge < -0.3 is 25.1 Å². The maximum absolute atomic E-state index is 11.9. The van der Waals surface area contributed by atoms with E-state index in [1.54, 1.807) is 34.9 Å². The molecule has 1 aliphatic rings. The summed E-state index contributed by atoms with van der Waals surface area (Å²) in [4.78, 5) is 31.6. The summed E-state index contributed by atoms with van der Waals surface area (Å²) in [6.45, 7) is 3.95. The van der Waals surface area contributed by atoms with Gasteiger partial charge in [0.25, 0.3) is 0 Å². The molecule has 2 rings (SSSR count). The Morgan fingerprint density at radius 2 is 1.92 bits per heavy atom. The number of ether oxygens (including phenoxy) is 1. The third-order valence-electron chi connectivity index (χ3n) is 3.41. The summed E-state index contributed by atoms with van der Waals surface area (Å²) in [7, 11) is 0. The van der Waals surface area contributed by atoms with Crippen LogP contribution in [-0.2, 0) is 9.57 Å². The molecule has 0 saturated carbocycles. The lowest BCUT2D eigenvalue weighted by molar-refractivity contribution is 0.0505. The van der Waals surface area contributed by atoms with Gasteiger partial charge >= 0.3 is 12.1 Å². The number of hydrogen-bond acceptors (Lipinski definition) is 5. The van der Waals surface area contributed by atoms with E-state index in [-0.39, 0.29) is 17.6 Å². The van der Waals surface area contributed by atoms with Gasteiger partial charge in [0.2, 0.25) is 5.96 Å². The van der Waals surface area contributed by atoms with Crippen LogP contribution in [0.15, 0.2) is 29.4 Å². The number of carbonyl (C=O) groups excluding carboxylic acids is 2. The molecule has 0 aliphatic carbocycles. The fraction of sp³-hybridized carbons (Fsp3) is 0.400. The molecular formula is C15H19ClN4O4. The van der Waals surface area contributed by atoms with E-state index in [4.69, 9.17) is 26.9 Å². The van der Waals surface area contributed by atoms with Crippen molar-refractivity contribution in [2.75, 3.05) is 32.8 Å². The van der Waals surface area contributed by atoms with Gasteiger partial charge in [0, 0.05) is 31.2 Å². The van der Waals surface area contributed by atoms with Gasteiger partial charge in [0.1, 0.15) is 0 Å². The third kappa shape index (κ3) is 4.76. The molecule has 9 heteroatoms.